The molecule has 0 aromatic carbocycles. The first-order valence-corrected chi connectivity index (χ1v) is 6.87. The van der Waals surface area contributed by atoms with Gasteiger partial charge in [0.1, 0.15) is 9.67 Å². The molecule has 1 saturated carbocycles. The van der Waals surface area contributed by atoms with Crippen molar-refractivity contribution in [2.75, 3.05) is 7.05 Å². The van der Waals surface area contributed by atoms with Crippen molar-refractivity contribution in [1.82, 2.24) is 15.3 Å². The van der Waals surface area contributed by atoms with Crippen LogP contribution in [0.15, 0.2) is 11.1 Å². The molecule has 17 heavy (non-hydrogen) atoms. The van der Waals surface area contributed by atoms with Gasteiger partial charge in [0.2, 0.25) is 5.88 Å². The van der Waals surface area contributed by atoms with Crippen molar-refractivity contribution in [3.8, 4) is 5.88 Å². The minimum absolute atomic E-state index is 0.108. The number of hydrogen-bond acceptors (Lipinski definition) is 4. The van der Waals surface area contributed by atoms with Crippen molar-refractivity contribution in [3.05, 3.63) is 20.3 Å². The SMILES string of the molecule is CNC1CCCCC1Oc1nc[nH]c(=O)c1I. The molecule has 5 nitrogen and oxygen atoms in total. The molecule has 1 fully saturated rings. The van der Waals surface area contributed by atoms with E-state index in [4.69, 9.17) is 4.74 Å². The molecule has 1 heterocycles. The fraction of sp³-hybridized carbons (Fsp3) is 0.636. The third kappa shape index (κ3) is 2.98. The molecule has 0 radical (unpaired) electrons. The van der Waals surface area contributed by atoms with E-state index in [9.17, 15) is 4.79 Å². The van der Waals surface area contributed by atoms with Crippen molar-refractivity contribution in [2.24, 2.45) is 0 Å². The third-order valence-corrected chi connectivity index (χ3v) is 4.05. The van der Waals surface area contributed by atoms with Gasteiger partial charge in [-0.2, -0.15) is 0 Å². The monoisotopic (exact) mass is 349 g/mol. The number of rotatable bonds is 3. The van der Waals surface area contributed by atoms with Gasteiger partial charge in [0, 0.05) is 6.04 Å². The summed E-state index contributed by atoms with van der Waals surface area (Å²) in [6.45, 7) is 0. The highest BCUT2D eigenvalue weighted by Gasteiger charge is 2.26. The lowest BCUT2D eigenvalue weighted by Crippen LogP contribution is -2.43. The maximum atomic E-state index is 11.4. The lowest BCUT2D eigenvalue weighted by molar-refractivity contribution is 0.111. The molecule has 0 saturated heterocycles. The molecule has 0 bridgehead atoms. The third-order valence-electron chi connectivity index (χ3n) is 3.10. The molecular formula is C11H16IN3O2. The summed E-state index contributed by atoms with van der Waals surface area (Å²) in [4.78, 5) is 18.1. The Labute approximate surface area is 114 Å². The second-order valence-corrected chi connectivity index (χ2v) is 5.27. The van der Waals surface area contributed by atoms with Gasteiger partial charge in [0.15, 0.2) is 0 Å². The highest BCUT2D eigenvalue weighted by molar-refractivity contribution is 14.1. The summed E-state index contributed by atoms with van der Waals surface area (Å²) in [7, 11) is 1.95. The van der Waals surface area contributed by atoms with Crippen LogP contribution < -0.4 is 15.6 Å². The van der Waals surface area contributed by atoms with Gasteiger partial charge in [-0.05, 0) is 48.9 Å². The first kappa shape index (κ1) is 12.8. The molecule has 94 valence electrons. The number of aromatic amines is 1. The molecule has 2 unspecified atom stereocenters. The van der Waals surface area contributed by atoms with Crippen molar-refractivity contribution >= 4 is 22.6 Å². The summed E-state index contributed by atoms with van der Waals surface area (Å²) in [6.07, 6.45) is 6.01. The van der Waals surface area contributed by atoms with E-state index >= 15 is 0 Å². The predicted octanol–water partition coefficient (Wildman–Crippen LogP) is 1.28. The molecule has 1 aliphatic rings. The van der Waals surface area contributed by atoms with Gasteiger partial charge in [-0.25, -0.2) is 4.98 Å². The number of ether oxygens (including phenoxy) is 1. The van der Waals surface area contributed by atoms with Gasteiger partial charge in [-0.3, -0.25) is 4.79 Å². The molecule has 0 amide bonds. The van der Waals surface area contributed by atoms with Crippen LogP contribution in [0.25, 0.3) is 0 Å². The van der Waals surface area contributed by atoms with Gasteiger partial charge in [0.05, 0.1) is 6.33 Å². The Morgan fingerprint density at radius 3 is 3.06 bits per heavy atom. The normalized spacial score (nSPS) is 24.6. The van der Waals surface area contributed by atoms with E-state index in [1.807, 2.05) is 29.6 Å². The number of H-pyrrole nitrogens is 1. The molecule has 2 N–H and O–H groups in total. The highest BCUT2D eigenvalue weighted by atomic mass is 127. The summed E-state index contributed by atoms with van der Waals surface area (Å²) in [5.41, 5.74) is -0.146. The summed E-state index contributed by atoms with van der Waals surface area (Å²) >= 11 is 1.97. The van der Waals surface area contributed by atoms with Crippen LogP contribution in [-0.2, 0) is 0 Å². The fourth-order valence-electron chi connectivity index (χ4n) is 2.16. The summed E-state index contributed by atoms with van der Waals surface area (Å²) < 4.78 is 6.39. The van der Waals surface area contributed by atoms with Crippen molar-refractivity contribution < 1.29 is 4.74 Å². The number of nitrogens with one attached hydrogen (secondary N) is 2. The predicted molar refractivity (Wildman–Crippen MR) is 73.3 cm³/mol. The van der Waals surface area contributed by atoms with Crippen LogP contribution in [0.5, 0.6) is 5.88 Å². The summed E-state index contributed by atoms with van der Waals surface area (Å²) in [5, 5.41) is 3.27. The van der Waals surface area contributed by atoms with Crippen LogP contribution in [0.1, 0.15) is 25.7 Å². The second-order valence-electron chi connectivity index (χ2n) is 4.19. The van der Waals surface area contributed by atoms with Crippen molar-refractivity contribution in [1.29, 1.82) is 0 Å². The smallest absolute Gasteiger partial charge is 0.268 e. The number of hydrogen-bond donors (Lipinski definition) is 2. The first-order chi connectivity index (χ1) is 8.22. The maximum absolute atomic E-state index is 11.4. The van der Waals surface area contributed by atoms with Crippen LogP contribution in [0, 0.1) is 3.57 Å². The zero-order chi connectivity index (χ0) is 12.3. The van der Waals surface area contributed by atoms with Crippen LogP contribution in [-0.4, -0.2) is 29.2 Å². The Bertz CT molecular complexity index is 435. The Kier molecular flexibility index (Phi) is 4.38. The lowest BCUT2D eigenvalue weighted by atomic mass is 9.92. The van der Waals surface area contributed by atoms with E-state index in [-0.39, 0.29) is 11.7 Å². The number of aromatic nitrogens is 2. The molecular weight excluding hydrogens is 333 g/mol. The van der Waals surface area contributed by atoms with E-state index in [0.29, 0.717) is 15.5 Å². The zero-order valence-electron chi connectivity index (χ0n) is 9.70. The average Bonchev–Trinajstić information content (AvgIpc) is 2.35. The van der Waals surface area contributed by atoms with Crippen LogP contribution in [0.4, 0.5) is 0 Å². The van der Waals surface area contributed by atoms with Crippen LogP contribution >= 0.6 is 22.6 Å². The largest absolute Gasteiger partial charge is 0.472 e. The quantitative estimate of drug-likeness (QED) is 0.807. The molecule has 2 rings (SSSR count). The standard InChI is InChI=1S/C11H16IN3O2/c1-13-7-4-2-3-5-8(7)17-11-9(12)10(16)14-6-15-11/h6-8,13H,2-5H2,1H3,(H,14,15,16). The zero-order valence-corrected chi connectivity index (χ0v) is 11.9. The Hall–Kier alpha value is -0.630. The molecule has 0 aliphatic heterocycles. The molecule has 2 atom stereocenters. The number of nitrogens with zero attached hydrogens (tertiary/aromatic N) is 1. The average molecular weight is 349 g/mol. The van der Waals surface area contributed by atoms with Crippen LogP contribution in [0.2, 0.25) is 0 Å². The van der Waals surface area contributed by atoms with Gasteiger partial charge >= 0.3 is 0 Å². The Morgan fingerprint density at radius 2 is 2.29 bits per heavy atom. The first-order valence-electron chi connectivity index (χ1n) is 5.79. The van der Waals surface area contributed by atoms with E-state index in [2.05, 4.69) is 15.3 Å². The topological polar surface area (TPSA) is 67.0 Å². The maximum Gasteiger partial charge on any atom is 0.268 e. The van der Waals surface area contributed by atoms with E-state index in [1.165, 1.54) is 19.2 Å². The fourth-order valence-corrected chi connectivity index (χ4v) is 2.58. The van der Waals surface area contributed by atoms with Gasteiger partial charge in [-0.1, -0.05) is 6.42 Å². The summed E-state index contributed by atoms with van der Waals surface area (Å²) in [5.74, 6) is 0.446. The van der Waals surface area contributed by atoms with E-state index < -0.39 is 0 Å². The number of likely N-dealkylation sites (N-methyl/N-ethyl adjacent to an activating group) is 1. The van der Waals surface area contributed by atoms with E-state index in [0.717, 1.165) is 12.8 Å². The Balaban J connectivity index is 2.13. The Morgan fingerprint density at radius 1 is 1.53 bits per heavy atom. The molecule has 6 heteroatoms. The van der Waals surface area contributed by atoms with Crippen LogP contribution in [0.3, 0.4) is 0 Å². The van der Waals surface area contributed by atoms with Crippen molar-refractivity contribution in [3.63, 3.8) is 0 Å². The number of halogens is 1. The van der Waals surface area contributed by atoms with Gasteiger partial charge < -0.3 is 15.0 Å². The lowest BCUT2D eigenvalue weighted by Gasteiger charge is -2.31. The second kappa shape index (κ2) is 5.81. The minimum Gasteiger partial charge on any atom is -0.472 e. The van der Waals surface area contributed by atoms with Crippen molar-refractivity contribution in [2.45, 2.75) is 37.8 Å². The molecule has 1 aromatic heterocycles. The molecule has 0 spiro atoms. The van der Waals surface area contributed by atoms with Gasteiger partial charge in [0.25, 0.3) is 5.56 Å². The molecule has 1 aliphatic carbocycles. The minimum atomic E-state index is -0.146. The molecule has 1 aromatic rings. The van der Waals surface area contributed by atoms with E-state index in [1.54, 1.807) is 0 Å². The summed E-state index contributed by atoms with van der Waals surface area (Å²) in [6, 6.07) is 0.348. The highest BCUT2D eigenvalue weighted by Crippen LogP contribution is 2.23. The van der Waals surface area contributed by atoms with Gasteiger partial charge in [-0.15, -0.1) is 0 Å².